The first-order valence-corrected chi connectivity index (χ1v) is 5.51. The summed E-state index contributed by atoms with van der Waals surface area (Å²) in [6.45, 7) is 1.92. The fraction of sp³-hybridized carbons (Fsp3) is 0.462. The molecule has 1 fully saturated rings. The molecular formula is C13H15FO2. The van der Waals surface area contributed by atoms with Crippen molar-refractivity contribution < 1.29 is 13.9 Å². The van der Waals surface area contributed by atoms with Crippen LogP contribution in [0.5, 0.6) is 5.75 Å². The molecule has 3 heteroatoms. The van der Waals surface area contributed by atoms with Gasteiger partial charge >= 0.3 is 0 Å². The lowest BCUT2D eigenvalue weighted by Gasteiger charge is -2.09. The van der Waals surface area contributed by atoms with Gasteiger partial charge in [-0.15, -0.1) is 0 Å². The number of hydrogen-bond acceptors (Lipinski definition) is 2. The molecule has 0 saturated heterocycles. The number of halogens is 1. The third-order valence-electron chi connectivity index (χ3n) is 3.18. The molecule has 0 aliphatic heterocycles. The molecule has 1 aliphatic carbocycles. The highest BCUT2D eigenvalue weighted by Crippen LogP contribution is 2.38. The second kappa shape index (κ2) is 4.24. The minimum atomic E-state index is -0.476. The fourth-order valence-corrected chi connectivity index (χ4v) is 1.89. The lowest BCUT2D eigenvalue weighted by atomic mass is 9.95. The van der Waals surface area contributed by atoms with Gasteiger partial charge in [-0.1, -0.05) is 6.92 Å². The molecule has 0 aromatic heterocycles. The van der Waals surface area contributed by atoms with Crippen LogP contribution >= 0.6 is 0 Å². The topological polar surface area (TPSA) is 26.3 Å². The maximum absolute atomic E-state index is 13.4. The smallest absolute Gasteiger partial charge is 0.166 e. The normalized spacial score (nSPS) is 16.9. The maximum atomic E-state index is 13.4. The van der Waals surface area contributed by atoms with E-state index in [1.807, 2.05) is 6.92 Å². The quantitative estimate of drug-likeness (QED) is 0.732. The first kappa shape index (κ1) is 11.1. The van der Waals surface area contributed by atoms with Gasteiger partial charge in [0, 0.05) is 11.5 Å². The summed E-state index contributed by atoms with van der Waals surface area (Å²) >= 11 is 0. The summed E-state index contributed by atoms with van der Waals surface area (Å²) in [7, 11) is 1.41. The van der Waals surface area contributed by atoms with Crippen LogP contribution in [-0.2, 0) is 0 Å². The molecule has 0 N–H and O–H groups in total. The summed E-state index contributed by atoms with van der Waals surface area (Å²) in [5.74, 6) is 0.237. The number of carbonyl (C=O) groups is 1. The van der Waals surface area contributed by atoms with Gasteiger partial charge in [0.05, 0.1) is 7.11 Å². The Kier molecular flexibility index (Phi) is 2.95. The first-order chi connectivity index (χ1) is 7.63. The molecule has 1 aliphatic rings. The maximum Gasteiger partial charge on any atom is 0.166 e. The van der Waals surface area contributed by atoms with Crippen molar-refractivity contribution in [3.05, 3.63) is 29.6 Å². The van der Waals surface area contributed by atoms with Gasteiger partial charge < -0.3 is 4.74 Å². The lowest BCUT2D eigenvalue weighted by Crippen LogP contribution is -2.13. The molecule has 0 radical (unpaired) electrons. The largest absolute Gasteiger partial charge is 0.494 e. The van der Waals surface area contributed by atoms with Crippen LogP contribution in [0.15, 0.2) is 18.2 Å². The van der Waals surface area contributed by atoms with E-state index >= 15 is 0 Å². The summed E-state index contributed by atoms with van der Waals surface area (Å²) in [4.78, 5) is 12.0. The van der Waals surface area contributed by atoms with Gasteiger partial charge in [0.25, 0.3) is 0 Å². The van der Waals surface area contributed by atoms with E-state index < -0.39 is 5.82 Å². The first-order valence-electron chi connectivity index (χ1n) is 5.51. The van der Waals surface area contributed by atoms with Crippen molar-refractivity contribution in [1.82, 2.24) is 0 Å². The van der Waals surface area contributed by atoms with Crippen LogP contribution in [0.1, 0.15) is 30.1 Å². The minimum Gasteiger partial charge on any atom is -0.494 e. The molecule has 1 saturated carbocycles. The Morgan fingerprint density at radius 1 is 1.50 bits per heavy atom. The molecule has 2 nitrogen and oxygen atoms in total. The van der Waals surface area contributed by atoms with Crippen molar-refractivity contribution in [1.29, 1.82) is 0 Å². The van der Waals surface area contributed by atoms with E-state index in [1.165, 1.54) is 19.2 Å². The van der Waals surface area contributed by atoms with Gasteiger partial charge in [-0.2, -0.15) is 0 Å². The average Bonchev–Trinajstić information content (AvgIpc) is 3.11. The van der Waals surface area contributed by atoms with E-state index in [4.69, 9.17) is 4.74 Å². The van der Waals surface area contributed by atoms with Crippen molar-refractivity contribution in [3.8, 4) is 5.75 Å². The number of methoxy groups -OCH3 is 1. The summed E-state index contributed by atoms with van der Waals surface area (Å²) in [6, 6.07) is 4.39. The molecular weight excluding hydrogens is 207 g/mol. The minimum absolute atomic E-state index is 0.00722. The zero-order valence-corrected chi connectivity index (χ0v) is 9.50. The number of rotatable bonds is 4. The second-order valence-corrected chi connectivity index (χ2v) is 4.34. The summed E-state index contributed by atoms with van der Waals surface area (Å²) in [5, 5.41) is 0. The van der Waals surface area contributed by atoms with Crippen molar-refractivity contribution in [2.24, 2.45) is 11.8 Å². The van der Waals surface area contributed by atoms with E-state index in [9.17, 15) is 9.18 Å². The number of benzene rings is 1. The molecule has 1 aromatic rings. The van der Waals surface area contributed by atoms with Crippen LogP contribution in [0.4, 0.5) is 4.39 Å². The van der Waals surface area contributed by atoms with Crippen molar-refractivity contribution >= 4 is 5.78 Å². The molecule has 0 heterocycles. The third kappa shape index (κ3) is 2.08. The Bertz CT molecular complexity index is 410. The van der Waals surface area contributed by atoms with Gasteiger partial charge in [-0.05, 0) is 37.0 Å². The fourth-order valence-electron chi connectivity index (χ4n) is 1.89. The number of hydrogen-bond donors (Lipinski definition) is 0. The van der Waals surface area contributed by atoms with Gasteiger partial charge in [-0.3, -0.25) is 4.79 Å². The van der Waals surface area contributed by atoms with Gasteiger partial charge in [0.15, 0.2) is 17.3 Å². The number of ketones is 1. The molecule has 0 amide bonds. The average molecular weight is 222 g/mol. The Hall–Kier alpha value is -1.38. The predicted octanol–water partition coefficient (Wildman–Crippen LogP) is 3.06. The van der Waals surface area contributed by atoms with E-state index in [0.717, 1.165) is 12.8 Å². The van der Waals surface area contributed by atoms with Crippen molar-refractivity contribution in [2.75, 3.05) is 7.11 Å². The second-order valence-electron chi connectivity index (χ2n) is 4.34. The molecule has 2 rings (SSSR count). The summed E-state index contributed by atoms with van der Waals surface area (Å²) in [6.07, 6.45) is 2.23. The van der Waals surface area contributed by atoms with Crippen LogP contribution in [0, 0.1) is 17.7 Å². The summed E-state index contributed by atoms with van der Waals surface area (Å²) in [5.41, 5.74) is 0.442. The summed E-state index contributed by atoms with van der Waals surface area (Å²) < 4.78 is 18.2. The highest BCUT2D eigenvalue weighted by Gasteiger charge is 2.33. The van der Waals surface area contributed by atoms with Crippen LogP contribution < -0.4 is 4.74 Å². The highest BCUT2D eigenvalue weighted by atomic mass is 19.1. The van der Waals surface area contributed by atoms with E-state index in [-0.39, 0.29) is 17.5 Å². The number of Topliss-reactive ketones (excluding diaryl/α,β-unsaturated/α-hetero) is 1. The highest BCUT2D eigenvalue weighted by molar-refractivity contribution is 5.98. The van der Waals surface area contributed by atoms with Crippen molar-refractivity contribution in [3.63, 3.8) is 0 Å². The molecule has 86 valence electrons. The molecule has 16 heavy (non-hydrogen) atoms. The zero-order chi connectivity index (χ0) is 11.7. The Morgan fingerprint density at radius 2 is 2.19 bits per heavy atom. The van der Waals surface area contributed by atoms with E-state index in [0.29, 0.717) is 11.5 Å². The Balaban J connectivity index is 2.20. The molecule has 1 unspecified atom stereocenters. The van der Waals surface area contributed by atoms with Crippen LogP contribution in [-0.4, -0.2) is 12.9 Å². The standard InChI is InChI=1S/C13H15FO2/c1-8(9-3-4-9)13(15)10-5-6-12(16-2)11(14)7-10/h5-9H,3-4H2,1-2H3. The molecule has 0 bridgehead atoms. The van der Waals surface area contributed by atoms with Crippen LogP contribution in [0.3, 0.4) is 0 Å². The molecule has 1 atom stereocenters. The van der Waals surface area contributed by atoms with Crippen LogP contribution in [0.25, 0.3) is 0 Å². The lowest BCUT2D eigenvalue weighted by molar-refractivity contribution is 0.0915. The van der Waals surface area contributed by atoms with Gasteiger partial charge in [-0.25, -0.2) is 4.39 Å². The predicted molar refractivity (Wildman–Crippen MR) is 59.2 cm³/mol. The van der Waals surface area contributed by atoms with E-state index in [1.54, 1.807) is 6.07 Å². The van der Waals surface area contributed by atoms with Crippen LogP contribution in [0.2, 0.25) is 0 Å². The third-order valence-corrected chi connectivity index (χ3v) is 3.18. The van der Waals surface area contributed by atoms with E-state index in [2.05, 4.69) is 0 Å². The monoisotopic (exact) mass is 222 g/mol. The van der Waals surface area contributed by atoms with Gasteiger partial charge in [0.2, 0.25) is 0 Å². The van der Waals surface area contributed by atoms with Crippen molar-refractivity contribution in [2.45, 2.75) is 19.8 Å². The van der Waals surface area contributed by atoms with Gasteiger partial charge in [0.1, 0.15) is 0 Å². The Morgan fingerprint density at radius 3 is 2.69 bits per heavy atom. The molecule has 1 aromatic carbocycles. The Labute approximate surface area is 94.4 Å². The number of carbonyl (C=O) groups excluding carboxylic acids is 1. The number of ether oxygens (including phenoxy) is 1. The molecule has 0 spiro atoms. The SMILES string of the molecule is COc1ccc(C(=O)C(C)C2CC2)cc1F. The zero-order valence-electron chi connectivity index (χ0n) is 9.50.